The third-order valence-electron chi connectivity index (χ3n) is 2.48. The van der Waals surface area contributed by atoms with Crippen molar-refractivity contribution >= 4 is 11.7 Å². The number of nitrogens with one attached hydrogen (secondary N) is 2. The predicted octanol–water partition coefficient (Wildman–Crippen LogP) is 1.58. The standard InChI is InChI=1S/C10H12N4O2/c1-5-6(2)13-14-9(5)12-10(15)8-4-11-16-7(8)3/h4H,1-3H3,(H2,12,13,14,15). The molecule has 0 unspecified atom stereocenters. The maximum Gasteiger partial charge on any atom is 0.262 e. The zero-order valence-electron chi connectivity index (χ0n) is 9.29. The van der Waals surface area contributed by atoms with Crippen molar-refractivity contribution < 1.29 is 9.32 Å². The molecule has 2 heterocycles. The van der Waals surface area contributed by atoms with Crippen LogP contribution in [0.3, 0.4) is 0 Å². The second-order valence-corrected chi connectivity index (χ2v) is 3.57. The van der Waals surface area contributed by atoms with Crippen LogP contribution in [-0.2, 0) is 0 Å². The molecule has 0 saturated heterocycles. The summed E-state index contributed by atoms with van der Waals surface area (Å²) in [5.41, 5.74) is 2.26. The van der Waals surface area contributed by atoms with Gasteiger partial charge in [0.25, 0.3) is 5.91 Å². The number of aromatic amines is 1. The average Bonchev–Trinajstić information content (AvgIpc) is 2.79. The second-order valence-electron chi connectivity index (χ2n) is 3.57. The van der Waals surface area contributed by atoms with Crippen LogP contribution in [0.4, 0.5) is 5.82 Å². The van der Waals surface area contributed by atoms with Crippen LogP contribution in [0, 0.1) is 20.8 Å². The maximum atomic E-state index is 11.8. The van der Waals surface area contributed by atoms with E-state index in [-0.39, 0.29) is 5.91 Å². The molecule has 0 aromatic carbocycles. The molecule has 0 aliphatic heterocycles. The van der Waals surface area contributed by atoms with Crippen LogP contribution in [0.5, 0.6) is 0 Å². The SMILES string of the molecule is Cc1[nH]nc(NC(=O)c2cnoc2C)c1C. The number of hydrogen-bond acceptors (Lipinski definition) is 4. The lowest BCUT2D eigenvalue weighted by Gasteiger charge is -2.00. The summed E-state index contributed by atoms with van der Waals surface area (Å²) < 4.78 is 4.82. The Hall–Kier alpha value is -2.11. The number of aromatic nitrogens is 3. The van der Waals surface area contributed by atoms with Gasteiger partial charge in [0.2, 0.25) is 0 Å². The topological polar surface area (TPSA) is 83.8 Å². The normalized spacial score (nSPS) is 10.4. The smallest absolute Gasteiger partial charge is 0.262 e. The third-order valence-corrected chi connectivity index (χ3v) is 2.48. The van der Waals surface area contributed by atoms with Gasteiger partial charge in [0.1, 0.15) is 11.3 Å². The summed E-state index contributed by atoms with van der Waals surface area (Å²) in [7, 11) is 0. The molecule has 0 atom stereocenters. The first kappa shape index (κ1) is 10.4. The molecule has 16 heavy (non-hydrogen) atoms. The van der Waals surface area contributed by atoms with E-state index in [0.29, 0.717) is 17.1 Å². The number of rotatable bonds is 2. The number of carbonyl (C=O) groups excluding carboxylic acids is 1. The van der Waals surface area contributed by atoms with Gasteiger partial charge >= 0.3 is 0 Å². The monoisotopic (exact) mass is 220 g/mol. The summed E-state index contributed by atoms with van der Waals surface area (Å²) in [6.07, 6.45) is 1.39. The summed E-state index contributed by atoms with van der Waals surface area (Å²) in [5.74, 6) is 0.749. The highest BCUT2D eigenvalue weighted by Gasteiger charge is 2.15. The Morgan fingerprint density at radius 3 is 2.69 bits per heavy atom. The van der Waals surface area contributed by atoms with Crippen molar-refractivity contribution in [3.63, 3.8) is 0 Å². The molecule has 84 valence electrons. The Balaban J connectivity index is 2.20. The fourth-order valence-electron chi connectivity index (χ4n) is 1.30. The minimum Gasteiger partial charge on any atom is -0.361 e. The van der Waals surface area contributed by atoms with Gasteiger partial charge in [-0.25, -0.2) is 0 Å². The molecular formula is C10H12N4O2. The number of nitrogens with zero attached hydrogens (tertiary/aromatic N) is 2. The van der Waals surface area contributed by atoms with E-state index in [4.69, 9.17) is 4.52 Å². The number of carbonyl (C=O) groups is 1. The number of aryl methyl sites for hydroxylation is 2. The average molecular weight is 220 g/mol. The highest BCUT2D eigenvalue weighted by atomic mass is 16.5. The predicted molar refractivity (Wildman–Crippen MR) is 57.3 cm³/mol. The van der Waals surface area contributed by atoms with E-state index in [0.717, 1.165) is 11.3 Å². The Kier molecular flexibility index (Phi) is 2.47. The highest BCUT2D eigenvalue weighted by Crippen LogP contribution is 2.15. The van der Waals surface area contributed by atoms with E-state index in [2.05, 4.69) is 20.7 Å². The van der Waals surface area contributed by atoms with Gasteiger partial charge in [-0.1, -0.05) is 5.16 Å². The van der Waals surface area contributed by atoms with Gasteiger partial charge in [-0.3, -0.25) is 9.89 Å². The van der Waals surface area contributed by atoms with Crippen molar-refractivity contribution in [3.8, 4) is 0 Å². The van der Waals surface area contributed by atoms with Gasteiger partial charge in [-0.2, -0.15) is 5.10 Å². The largest absolute Gasteiger partial charge is 0.361 e. The minimum atomic E-state index is -0.270. The summed E-state index contributed by atoms with van der Waals surface area (Å²) >= 11 is 0. The van der Waals surface area contributed by atoms with Crippen molar-refractivity contribution in [2.75, 3.05) is 5.32 Å². The molecule has 0 bridgehead atoms. The fraction of sp³-hybridized carbons (Fsp3) is 0.300. The van der Waals surface area contributed by atoms with E-state index in [1.54, 1.807) is 6.92 Å². The molecule has 0 aliphatic rings. The Morgan fingerprint density at radius 1 is 1.44 bits per heavy atom. The first-order chi connectivity index (χ1) is 7.59. The fourth-order valence-corrected chi connectivity index (χ4v) is 1.30. The van der Waals surface area contributed by atoms with Crippen molar-refractivity contribution in [1.29, 1.82) is 0 Å². The molecule has 0 radical (unpaired) electrons. The van der Waals surface area contributed by atoms with Gasteiger partial charge in [-0.15, -0.1) is 0 Å². The molecule has 2 aromatic rings. The highest BCUT2D eigenvalue weighted by molar-refractivity contribution is 6.04. The van der Waals surface area contributed by atoms with Crippen LogP contribution < -0.4 is 5.32 Å². The van der Waals surface area contributed by atoms with Gasteiger partial charge in [0.05, 0.1) is 6.20 Å². The minimum absolute atomic E-state index is 0.270. The lowest BCUT2D eigenvalue weighted by Crippen LogP contribution is -2.13. The van der Waals surface area contributed by atoms with Crippen LogP contribution in [0.1, 0.15) is 27.4 Å². The number of H-pyrrole nitrogens is 1. The molecular weight excluding hydrogens is 208 g/mol. The molecule has 0 fully saturated rings. The van der Waals surface area contributed by atoms with E-state index in [1.807, 2.05) is 13.8 Å². The van der Waals surface area contributed by atoms with Crippen molar-refractivity contribution in [2.45, 2.75) is 20.8 Å². The summed E-state index contributed by atoms with van der Waals surface area (Å²) in [6, 6.07) is 0. The van der Waals surface area contributed by atoms with Crippen LogP contribution >= 0.6 is 0 Å². The third kappa shape index (κ3) is 1.69. The Bertz CT molecular complexity index is 527. The van der Waals surface area contributed by atoms with Gasteiger partial charge < -0.3 is 9.84 Å². The Labute approximate surface area is 92.0 Å². The van der Waals surface area contributed by atoms with Gasteiger partial charge in [0, 0.05) is 11.3 Å². The molecule has 0 saturated carbocycles. The van der Waals surface area contributed by atoms with Crippen molar-refractivity contribution in [2.24, 2.45) is 0 Å². The quantitative estimate of drug-likeness (QED) is 0.804. The van der Waals surface area contributed by atoms with Crippen molar-refractivity contribution in [3.05, 3.63) is 28.8 Å². The van der Waals surface area contributed by atoms with Crippen LogP contribution in [0.2, 0.25) is 0 Å². The molecule has 2 rings (SSSR count). The lowest BCUT2D eigenvalue weighted by molar-refractivity contribution is 0.102. The number of hydrogen-bond donors (Lipinski definition) is 2. The number of amides is 1. The van der Waals surface area contributed by atoms with E-state index < -0.39 is 0 Å². The first-order valence-electron chi connectivity index (χ1n) is 4.83. The zero-order valence-corrected chi connectivity index (χ0v) is 9.29. The molecule has 0 spiro atoms. The summed E-state index contributed by atoms with van der Waals surface area (Å²) in [5, 5.41) is 13.0. The number of anilines is 1. The van der Waals surface area contributed by atoms with Gasteiger partial charge in [-0.05, 0) is 20.8 Å². The molecule has 2 aromatic heterocycles. The maximum absolute atomic E-state index is 11.8. The molecule has 6 heteroatoms. The van der Waals surface area contributed by atoms with E-state index in [9.17, 15) is 4.79 Å². The first-order valence-corrected chi connectivity index (χ1v) is 4.83. The molecule has 6 nitrogen and oxygen atoms in total. The second kappa shape index (κ2) is 3.80. The van der Waals surface area contributed by atoms with Crippen LogP contribution in [-0.4, -0.2) is 21.3 Å². The van der Waals surface area contributed by atoms with Gasteiger partial charge in [0.15, 0.2) is 5.82 Å². The van der Waals surface area contributed by atoms with Crippen LogP contribution in [0.15, 0.2) is 10.7 Å². The molecule has 0 aliphatic carbocycles. The van der Waals surface area contributed by atoms with Crippen molar-refractivity contribution in [1.82, 2.24) is 15.4 Å². The van der Waals surface area contributed by atoms with E-state index in [1.165, 1.54) is 6.20 Å². The lowest BCUT2D eigenvalue weighted by atomic mass is 10.2. The van der Waals surface area contributed by atoms with Crippen LogP contribution in [0.25, 0.3) is 0 Å². The summed E-state index contributed by atoms with van der Waals surface area (Å²) in [4.78, 5) is 11.8. The van der Waals surface area contributed by atoms with E-state index >= 15 is 0 Å². The molecule has 2 N–H and O–H groups in total. The zero-order chi connectivity index (χ0) is 11.7. The summed E-state index contributed by atoms with van der Waals surface area (Å²) in [6.45, 7) is 5.46. The Morgan fingerprint density at radius 2 is 2.19 bits per heavy atom. The molecule has 1 amide bonds.